The summed E-state index contributed by atoms with van der Waals surface area (Å²) in [6.45, 7) is 0. The van der Waals surface area contributed by atoms with E-state index in [1.165, 1.54) is 0 Å². The summed E-state index contributed by atoms with van der Waals surface area (Å²) in [5.41, 5.74) is -1.86. The number of nitrogens with zero attached hydrogens (tertiary/aromatic N) is 1. The highest BCUT2D eigenvalue weighted by Gasteiger charge is 2.42. The summed E-state index contributed by atoms with van der Waals surface area (Å²) in [5.74, 6) is -4.10. The molecule has 1 rings (SSSR count). The van der Waals surface area contributed by atoms with Crippen molar-refractivity contribution in [1.29, 1.82) is 0 Å². The van der Waals surface area contributed by atoms with E-state index in [1.807, 2.05) is 0 Å². The van der Waals surface area contributed by atoms with Gasteiger partial charge in [-0.1, -0.05) is 0 Å². The van der Waals surface area contributed by atoms with Gasteiger partial charge in [0, 0.05) is 6.20 Å². The van der Waals surface area contributed by atoms with Crippen LogP contribution in [0.3, 0.4) is 0 Å². The summed E-state index contributed by atoms with van der Waals surface area (Å²) in [7, 11) is 0.909. The predicted molar refractivity (Wildman–Crippen MR) is 44.1 cm³/mol. The topological polar surface area (TPSA) is 51.6 Å². The lowest BCUT2D eigenvalue weighted by Crippen LogP contribution is -2.20. The van der Waals surface area contributed by atoms with E-state index in [0.717, 1.165) is 7.11 Å². The smallest absolute Gasteiger partial charge is 0.501 e. The van der Waals surface area contributed by atoms with Crippen LogP contribution in [0.4, 0.5) is 26.3 Å². The molecule has 4 nitrogen and oxygen atoms in total. The van der Waals surface area contributed by atoms with Crippen LogP contribution in [0.25, 0.3) is 0 Å². The standard InChI is InChI=1S/C8H5F6NO3/c1-17-6-4(16)5(18-8(12,13)14)3(2-15-6)7(9,10)11/h2,16H,1H3. The van der Waals surface area contributed by atoms with E-state index >= 15 is 0 Å². The van der Waals surface area contributed by atoms with Crippen molar-refractivity contribution in [2.45, 2.75) is 12.5 Å². The Morgan fingerprint density at radius 3 is 2.11 bits per heavy atom. The Bertz CT molecular complexity index is 442. The van der Waals surface area contributed by atoms with Crippen LogP contribution in [0.2, 0.25) is 0 Å². The van der Waals surface area contributed by atoms with Gasteiger partial charge in [0.1, 0.15) is 5.56 Å². The monoisotopic (exact) mass is 277 g/mol. The lowest BCUT2D eigenvalue weighted by atomic mass is 10.2. The molecule has 18 heavy (non-hydrogen) atoms. The molecule has 1 aromatic heterocycles. The molecule has 1 N–H and O–H groups in total. The van der Waals surface area contributed by atoms with Crippen LogP contribution >= 0.6 is 0 Å². The number of aromatic nitrogens is 1. The van der Waals surface area contributed by atoms with E-state index in [-0.39, 0.29) is 6.20 Å². The Morgan fingerprint density at radius 2 is 1.72 bits per heavy atom. The van der Waals surface area contributed by atoms with Gasteiger partial charge in [0.15, 0.2) is 5.75 Å². The highest BCUT2D eigenvalue weighted by atomic mass is 19.4. The molecule has 0 spiro atoms. The minimum Gasteiger partial charge on any atom is -0.501 e. The molecular formula is C8H5F6NO3. The van der Waals surface area contributed by atoms with Crippen molar-refractivity contribution in [2.75, 3.05) is 7.11 Å². The molecule has 0 saturated carbocycles. The summed E-state index contributed by atoms with van der Waals surface area (Å²) in [5, 5.41) is 9.18. The molecular weight excluding hydrogens is 272 g/mol. The fraction of sp³-hybridized carbons (Fsp3) is 0.375. The van der Waals surface area contributed by atoms with Crippen molar-refractivity contribution in [3.8, 4) is 17.4 Å². The summed E-state index contributed by atoms with van der Waals surface area (Å²) in [6, 6.07) is 0. The average Bonchev–Trinajstić information content (AvgIpc) is 2.17. The Balaban J connectivity index is 3.41. The minimum atomic E-state index is -5.40. The number of ether oxygens (including phenoxy) is 2. The first kappa shape index (κ1) is 14.2. The van der Waals surface area contributed by atoms with Crippen molar-refractivity contribution in [3.05, 3.63) is 11.8 Å². The van der Waals surface area contributed by atoms with Gasteiger partial charge in [-0.05, 0) is 0 Å². The highest BCUT2D eigenvalue weighted by Crippen LogP contribution is 2.46. The van der Waals surface area contributed by atoms with Crippen molar-refractivity contribution >= 4 is 0 Å². The van der Waals surface area contributed by atoms with Gasteiger partial charge in [-0.3, -0.25) is 0 Å². The molecule has 0 unspecified atom stereocenters. The number of pyridine rings is 1. The van der Waals surface area contributed by atoms with Crippen molar-refractivity contribution in [3.63, 3.8) is 0 Å². The molecule has 10 heteroatoms. The van der Waals surface area contributed by atoms with Gasteiger partial charge < -0.3 is 14.6 Å². The summed E-state index contributed by atoms with van der Waals surface area (Å²) >= 11 is 0. The zero-order valence-electron chi connectivity index (χ0n) is 8.56. The maximum absolute atomic E-state index is 12.4. The van der Waals surface area contributed by atoms with Crippen molar-refractivity contribution in [1.82, 2.24) is 4.98 Å². The molecule has 0 aromatic carbocycles. The van der Waals surface area contributed by atoms with Crippen molar-refractivity contribution in [2.24, 2.45) is 0 Å². The van der Waals surface area contributed by atoms with Crippen LogP contribution in [-0.2, 0) is 6.18 Å². The van der Waals surface area contributed by atoms with Crippen LogP contribution in [0.5, 0.6) is 17.4 Å². The van der Waals surface area contributed by atoms with E-state index in [0.29, 0.717) is 0 Å². The number of alkyl halides is 6. The number of rotatable bonds is 2. The largest absolute Gasteiger partial charge is 0.573 e. The van der Waals surface area contributed by atoms with E-state index in [9.17, 15) is 31.4 Å². The fourth-order valence-electron chi connectivity index (χ4n) is 1.04. The molecule has 1 aromatic rings. The quantitative estimate of drug-likeness (QED) is 0.844. The molecule has 1 heterocycles. The molecule has 0 aliphatic heterocycles. The van der Waals surface area contributed by atoms with Crippen LogP contribution in [0.1, 0.15) is 5.56 Å². The Labute approximate surface area is 95.8 Å². The molecule has 0 saturated heterocycles. The number of hydrogen-bond acceptors (Lipinski definition) is 4. The lowest BCUT2D eigenvalue weighted by molar-refractivity contribution is -0.276. The van der Waals surface area contributed by atoms with Gasteiger partial charge in [-0.2, -0.15) is 13.2 Å². The first-order chi connectivity index (χ1) is 8.06. The van der Waals surface area contributed by atoms with Gasteiger partial charge in [-0.25, -0.2) is 4.98 Å². The van der Waals surface area contributed by atoms with Crippen LogP contribution < -0.4 is 9.47 Å². The van der Waals surface area contributed by atoms with Crippen LogP contribution in [0, 0.1) is 0 Å². The average molecular weight is 277 g/mol. The summed E-state index contributed by atoms with van der Waals surface area (Å²) in [4.78, 5) is 3.01. The highest BCUT2D eigenvalue weighted by molar-refractivity contribution is 5.51. The number of hydrogen-bond donors (Lipinski definition) is 1. The van der Waals surface area contributed by atoms with Gasteiger partial charge in [-0.15, -0.1) is 13.2 Å². The number of methoxy groups -OCH3 is 1. The second kappa shape index (κ2) is 4.42. The zero-order valence-corrected chi connectivity index (χ0v) is 8.56. The first-order valence-corrected chi connectivity index (χ1v) is 4.15. The molecule has 0 aliphatic rings. The van der Waals surface area contributed by atoms with E-state index in [1.54, 1.807) is 0 Å². The number of aromatic hydroxyl groups is 1. The van der Waals surface area contributed by atoms with Gasteiger partial charge in [0.2, 0.25) is 5.75 Å². The molecule has 0 atom stereocenters. The van der Waals surface area contributed by atoms with E-state index in [2.05, 4.69) is 14.5 Å². The van der Waals surface area contributed by atoms with E-state index < -0.39 is 35.5 Å². The molecule has 0 fully saturated rings. The minimum absolute atomic E-state index is 0.0691. The molecule has 0 radical (unpaired) electrons. The molecule has 0 aliphatic carbocycles. The Morgan fingerprint density at radius 1 is 1.17 bits per heavy atom. The second-order valence-electron chi connectivity index (χ2n) is 2.90. The van der Waals surface area contributed by atoms with Crippen molar-refractivity contribution < 1.29 is 40.9 Å². The fourth-order valence-corrected chi connectivity index (χ4v) is 1.04. The maximum atomic E-state index is 12.4. The third-order valence-electron chi connectivity index (χ3n) is 1.69. The van der Waals surface area contributed by atoms with E-state index in [4.69, 9.17) is 0 Å². The Hall–Kier alpha value is -1.87. The van der Waals surface area contributed by atoms with Crippen LogP contribution in [0.15, 0.2) is 6.20 Å². The summed E-state index contributed by atoms with van der Waals surface area (Å²) < 4.78 is 80.5. The second-order valence-corrected chi connectivity index (χ2v) is 2.90. The molecule has 0 bridgehead atoms. The Kier molecular flexibility index (Phi) is 3.49. The van der Waals surface area contributed by atoms with Gasteiger partial charge in [0.25, 0.3) is 5.88 Å². The first-order valence-electron chi connectivity index (χ1n) is 4.15. The maximum Gasteiger partial charge on any atom is 0.573 e. The van der Waals surface area contributed by atoms with Gasteiger partial charge >= 0.3 is 12.5 Å². The SMILES string of the molecule is COc1ncc(C(F)(F)F)c(OC(F)(F)F)c1O. The third kappa shape index (κ3) is 3.08. The van der Waals surface area contributed by atoms with Gasteiger partial charge in [0.05, 0.1) is 7.11 Å². The summed E-state index contributed by atoms with van der Waals surface area (Å²) in [6.07, 6.45) is -10.5. The molecule has 102 valence electrons. The normalized spacial score (nSPS) is 12.4. The lowest BCUT2D eigenvalue weighted by Gasteiger charge is -2.16. The molecule has 0 amide bonds. The predicted octanol–water partition coefficient (Wildman–Crippen LogP) is 2.71. The third-order valence-corrected chi connectivity index (χ3v) is 1.69. The van der Waals surface area contributed by atoms with Crippen LogP contribution in [-0.4, -0.2) is 23.6 Å². The zero-order chi connectivity index (χ0) is 14.1. The number of halogens is 6.